The lowest BCUT2D eigenvalue weighted by atomic mass is 10.0. The van der Waals surface area contributed by atoms with Crippen molar-refractivity contribution in [2.75, 3.05) is 26.8 Å². The van der Waals surface area contributed by atoms with Crippen LogP contribution in [0.15, 0.2) is 78.9 Å². The van der Waals surface area contributed by atoms with E-state index in [9.17, 15) is 4.39 Å². The molecule has 4 heteroatoms. The summed E-state index contributed by atoms with van der Waals surface area (Å²) in [4.78, 5) is 2.54. The first-order chi connectivity index (χ1) is 15.2. The summed E-state index contributed by atoms with van der Waals surface area (Å²) in [6.45, 7) is 2.79. The predicted octanol–water partition coefficient (Wildman–Crippen LogP) is 5.65. The van der Waals surface area contributed by atoms with Crippen LogP contribution in [0.4, 0.5) is 4.39 Å². The van der Waals surface area contributed by atoms with Crippen LogP contribution in [0.1, 0.15) is 35.6 Å². The standard InChI is InChI=1S/C27H30FNO2/c1-30-26-15-9-21(10-16-26)17-19-29-18-5-8-25(29)20-31-27(22-6-3-2-4-7-22)23-11-13-24(28)14-12-23/h2-4,6-7,9-16,25,27H,5,8,17-20H2,1H3. The molecule has 1 saturated heterocycles. The third-order valence-electron chi connectivity index (χ3n) is 6.08. The Morgan fingerprint density at radius 3 is 2.35 bits per heavy atom. The van der Waals surface area contributed by atoms with Crippen molar-refractivity contribution in [3.8, 4) is 5.75 Å². The molecule has 1 aliphatic rings. The van der Waals surface area contributed by atoms with Crippen molar-refractivity contribution < 1.29 is 13.9 Å². The van der Waals surface area contributed by atoms with Crippen LogP contribution in [0.25, 0.3) is 0 Å². The summed E-state index contributed by atoms with van der Waals surface area (Å²) in [5.74, 6) is 0.667. The zero-order valence-electron chi connectivity index (χ0n) is 18.0. The van der Waals surface area contributed by atoms with Gasteiger partial charge in [-0.1, -0.05) is 54.6 Å². The molecule has 2 atom stereocenters. The molecule has 0 spiro atoms. The average molecular weight is 420 g/mol. The molecule has 4 rings (SSSR count). The topological polar surface area (TPSA) is 21.7 Å². The normalized spacial score (nSPS) is 17.5. The summed E-state index contributed by atoms with van der Waals surface area (Å²) in [6, 6.07) is 25.6. The molecule has 3 aromatic carbocycles. The van der Waals surface area contributed by atoms with E-state index < -0.39 is 0 Å². The molecule has 0 aromatic heterocycles. The molecular formula is C27H30FNO2. The predicted molar refractivity (Wildman–Crippen MR) is 122 cm³/mol. The Hall–Kier alpha value is -2.69. The Balaban J connectivity index is 1.39. The van der Waals surface area contributed by atoms with E-state index in [1.165, 1.54) is 24.1 Å². The van der Waals surface area contributed by atoms with Crippen molar-refractivity contribution in [2.45, 2.75) is 31.4 Å². The van der Waals surface area contributed by atoms with Crippen LogP contribution < -0.4 is 4.74 Å². The lowest BCUT2D eigenvalue weighted by Crippen LogP contribution is -2.35. The van der Waals surface area contributed by atoms with E-state index in [0.29, 0.717) is 12.6 Å². The second kappa shape index (κ2) is 10.6. The molecule has 0 aliphatic carbocycles. The van der Waals surface area contributed by atoms with E-state index in [-0.39, 0.29) is 11.9 Å². The van der Waals surface area contributed by atoms with Gasteiger partial charge in [0.15, 0.2) is 0 Å². The van der Waals surface area contributed by atoms with Gasteiger partial charge in [0, 0.05) is 12.6 Å². The number of halogens is 1. The minimum atomic E-state index is -0.226. The molecule has 3 nitrogen and oxygen atoms in total. The molecule has 0 radical (unpaired) electrons. The van der Waals surface area contributed by atoms with Gasteiger partial charge in [-0.05, 0) is 66.8 Å². The Bertz CT molecular complexity index is 928. The smallest absolute Gasteiger partial charge is 0.123 e. The van der Waals surface area contributed by atoms with Crippen LogP contribution >= 0.6 is 0 Å². The Morgan fingerprint density at radius 2 is 1.65 bits per heavy atom. The number of ether oxygens (including phenoxy) is 2. The van der Waals surface area contributed by atoms with Gasteiger partial charge >= 0.3 is 0 Å². The van der Waals surface area contributed by atoms with Crippen molar-refractivity contribution in [3.05, 3.63) is 101 Å². The van der Waals surface area contributed by atoms with Gasteiger partial charge in [0.1, 0.15) is 17.7 Å². The fourth-order valence-corrected chi connectivity index (χ4v) is 4.30. The molecule has 2 unspecified atom stereocenters. The lowest BCUT2D eigenvalue weighted by molar-refractivity contribution is 0.0381. The van der Waals surface area contributed by atoms with Crippen LogP contribution in [0.5, 0.6) is 5.75 Å². The molecule has 31 heavy (non-hydrogen) atoms. The molecule has 1 heterocycles. The number of nitrogens with zero attached hydrogens (tertiary/aromatic N) is 1. The highest BCUT2D eigenvalue weighted by Gasteiger charge is 2.26. The van der Waals surface area contributed by atoms with E-state index in [1.807, 2.05) is 42.5 Å². The van der Waals surface area contributed by atoms with E-state index in [2.05, 4.69) is 29.2 Å². The third kappa shape index (κ3) is 5.72. The zero-order chi connectivity index (χ0) is 21.5. The van der Waals surface area contributed by atoms with Crippen molar-refractivity contribution in [3.63, 3.8) is 0 Å². The monoisotopic (exact) mass is 419 g/mol. The first-order valence-electron chi connectivity index (χ1n) is 11.0. The zero-order valence-corrected chi connectivity index (χ0v) is 18.0. The largest absolute Gasteiger partial charge is 0.497 e. The van der Waals surface area contributed by atoms with E-state index >= 15 is 0 Å². The minimum absolute atomic E-state index is 0.189. The van der Waals surface area contributed by atoms with Gasteiger partial charge in [-0.25, -0.2) is 4.39 Å². The van der Waals surface area contributed by atoms with Crippen LogP contribution in [-0.2, 0) is 11.2 Å². The molecule has 0 N–H and O–H groups in total. The average Bonchev–Trinajstić information content (AvgIpc) is 3.27. The first-order valence-corrected chi connectivity index (χ1v) is 11.0. The number of benzene rings is 3. The van der Waals surface area contributed by atoms with Crippen molar-refractivity contribution in [2.24, 2.45) is 0 Å². The SMILES string of the molecule is COc1ccc(CCN2CCCC2COC(c2ccccc2)c2ccc(F)cc2)cc1. The summed E-state index contributed by atoms with van der Waals surface area (Å²) in [5, 5.41) is 0. The molecule has 0 saturated carbocycles. The quantitative estimate of drug-likeness (QED) is 0.448. The van der Waals surface area contributed by atoms with E-state index in [1.54, 1.807) is 7.11 Å². The van der Waals surface area contributed by atoms with Gasteiger partial charge in [-0.15, -0.1) is 0 Å². The highest BCUT2D eigenvalue weighted by Crippen LogP contribution is 2.28. The molecule has 162 valence electrons. The van der Waals surface area contributed by atoms with Crippen molar-refractivity contribution in [1.82, 2.24) is 4.90 Å². The number of hydrogen-bond donors (Lipinski definition) is 0. The van der Waals surface area contributed by atoms with Crippen molar-refractivity contribution >= 4 is 0 Å². The maximum absolute atomic E-state index is 13.4. The summed E-state index contributed by atoms with van der Waals surface area (Å²) >= 11 is 0. The van der Waals surface area contributed by atoms with Gasteiger partial charge in [0.25, 0.3) is 0 Å². The molecule has 0 amide bonds. The molecule has 1 aliphatic heterocycles. The highest BCUT2D eigenvalue weighted by atomic mass is 19.1. The number of likely N-dealkylation sites (tertiary alicyclic amines) is 1. The Labute approximate surface area is 184 Å². The minimum Gasteiger partial charge on any atom is -0.497 e. The van der Waals surface area contributed by atoms with Crippen molar-refractivity contribution in [1.29, 1.82) is 0 Å². The molecule has 0 bridgehead atoms. The summed E-state index contributed by atoms with van der Waals surface area (Å²) in [5.41, 5.74) is 3.40. The summed E-state index contributed by atoms with van der Waals surface area (Å²) < 4.78 is 25.2. The van der Waals surface area contributed by atoms with Gasteiger partial charge in [-0.3, -0.25) is 4.90 Å². The van der Waals surface area contributed by atoms with Gasteiger partial charge in [0.05, 0.1) is 13.7 Å². The maximum Gasteiger partial charge on any atom is 0.123 e. The van der Waals surface area contributed by atoms with Crippen LogP contribution in [0.2, 0.25) is 0 Å². The molecular weight excluding hydrogens is 389 g/mol. The summed E-state index contributed by atoms with van der Waals surface area (Å²) in [7, 11) is 1.69. The van der Waals surface area contributed by atoms with Gasteiger partial charge < -0.3 is 9.47 Å². The maximum atomic E-state index is 13.4. The fraction of sp³-hybridized carbons (Fsp3) is 0.333. The van der Waals surface area contributed by atoms with E-state index in [4.69, 9.17) is 9.47 Å². The lowest BCUT2D eigenvalue weighted by Gasteiger charge is -2.27. The second-order valence-electron chi connectivity index (χ2n) is 8.11. The molecule has 3 aromatic rings. The molecule has 1 fully saturated rings. The first kappa shape index (κ1) is 21.5. The van der Waals surface area contributed by atoms with E-state index in [0.717, 1.165) is 42.8 Å². The van der Waals surface area contributed by atoms with Crippen LogP contribution in [-0.4, -0.2) is 37.7 Å². The van der Waals surface area contributed by atoms with Crippen LogP contribution in [0.3, 0.4) is 0 Å². The Kier molecular flexibility index (Phi) is 7.34. The third-order valence-corrected chi connectivity index (χ3v) is 6.08. The van der Waals surface area contributed by atoms with Gasteiger partial charge in [-0.2, -0.15) is 0 Å². The second-order valence-corrected chi connectivity index (χ2v) is 8.11. The summed E-state index contributed by atoms with van der Waals surface area (Å²) in [6.07, 6.45) is 3.17. The highest BCUT2D eigenvalue weighted by molar-refractivity contribution is 5.30. The van der Waals surface area contributed by atoms with Gasteiger partial charge in [0.2, 0.25) is 0 Å². The Morgan fingerprint density at radius 1 is 0.935 bits per heavy atom. The fourth-order valence-electron chi connectivity index (χ4n) is 4.30. The number of hydrogen-bond acceptors (Lipinski definition) is 3. The van der Waals surface area contributed by atoms with Crippen LogP contribution in [0, 0.1) is 5.82 Å². The number of methoxy groups -OCH3 is 1. The number of rotatable bonds is 9.